The highest BCUT2D eigenvalue weighted by Crippen LogP contribution is 2.38. The molecule has 0 saturated heterocycles. The van der Waals surface area contributed by atoms with Gasteiger partial charge in [0.05, 0.1) is 15.6 Å². The largest absolute Gasteiger partial charge is 0.411 e. The zero-order valence-corrected chi connectivity index (χ0v) is 21.7. The molecule has 0 radical (unpaired) electrons. The third-order valence-corrected chi connectivity index (χ3v) is 11.1. The Bertz CT molecular complexity index is 555. The maximum Gasteiger partial charge on any atom is 0.192 e. The molecule has 0 amide bonds. The zero-order chi connectivity index (χ0) is 19.8. The third-order valence-electron chi connectivity index (χ3n) is 4.89. The molecule has 0 aromatic heterocycles. The Balaban J connectivity index is 2.83. The second kappa shape index (κ2) is 11.4. The lowest BCUT2D eigenvalue weighted by Gasteiger charge is -2.41. The molecule has 1 rings (SSSR count). The van der Waals surface area contributed by atoms with E-state index in [0.717, 1.165) is 22.0 Å². The molecule has 0 fully saturated rings. The predicted molar refractivity (Wildman–Crippen MR) is 125 cm³/mol. The minimum atomic E-state index is -1.87. The van der Waals surface area contributed by atoms with E-state index in [-0.39, 0.29) is 17.2 Å². The van der Waals surface area contributed by atoms with Crippen LogP contribution in [-0.2, 0) is 9.16 Å². The Morgan fingerprint density at radius 3 is 2.27 bits per heavy atom. The Labute approximate surface area is 181 Å². The van der Waals surface area contributed by atoms with Gasteiger partial charge in [0.1, 0.15) is 0 Å². The summed E-state index contributed by atoms with van der Waals surface area (Å²) in [5, 5.41) is 0.182. The van der Waals surface area contributed by atoms with Crippen molar-refractivity contribution in [3.05, 3.63) is 39.8 Å². The summed E-state index contributed by atoms with van der Waals surface area (Å²) in [5.74, 6) is 1.02. The molecule has 6 heteroatoms. The Kier molecular flexibility index (Phi) is 10.7. The van der Waals surface area contributed by atoms with Crippen LogP contribution in [-0.4, -0.2) is 33.4 Å². The molecule has 148 valence electrons. The van der Waals surface area contributed by atoms with E-state index in [2.05, 4.69) is 102 Å². The molecule has 1 aromatic carbocycles. The number of thioether (sulfide) groups is 1. The van der Waals surface area contributed by atoms with E-state index in [1.54, 1.807) is 7.11 Å². The summed E-state index contributed by atoms with van der Waals surface area (Å²) >= 11 is 8.77. The van der Waals surface area contributed by atoms with Crippen LogP contribution in [0.2, 0.25) is 18.1 Å². The number of ether oxygens (including phenoxy) is 1. The lowest BCUT2D eigenvalue weighted by atomic mass is 10.1. The van der Waals surface area contributed by atoms with Crippen molar-refractivity contribution in [3.63, 3.8) is 0 Å². The van der Waals surface area contributed by atoms with Crippen molar-refractivity contribution < 1.29 is 9.16 Å². The fourth-order valence-corrected chi connectivity index (χ4v) is 4.98. The summed E-state index contributed by atoms with van der Waals surface area (Å²) < 4.78 is 13.5. The molecular weight excluding hydrogens is 492 g/mol. The molecule has 0 aliphatic heterocycles. The van der Waals surface area contributed by atoms with Crippen LogP contribution in [0, 0.1) is 0 Å². The highest BCUT2D eigenvalue weighted by atomic mass is 79.9. The lowest BCUT2D eigenvalue weighted by molar-refractivity contribution is -0.00368. The van der Waals surface area contributed by atoms with Crippen LogP contribution in [0.3, 0.4) is 0 Å². The number of methoxy groups -OCH3 is 1. The van der Waals surface area contributed by atoms with E-state index in [1.807, 2.05) is 11.8 Å². The van der Waals surface area contributed by atoms with E-state index in [9.17, 15) is 0 Å². The summed E-state index contributed by atoms with van der Waals surface area (Å²) in [4.78, 5) is 1.30. The summed E-state index contributed by atoms with van der Waals surface area (Å²) in [6.45, 7) is 11.5. The molecule has 0 aliphatic rings. The van der Waals surface area contributed by atoms with Gasteiger partial charge < -0.3 is 9.16 Å². The SMILES string of the molecule is CO[C@@H](CC=C(Br)Br)[C@H](CCSc1ccccc1)O[Si](C)(C)C(C)(C)C. The van der Waals surface area contributed by atoms with Crippen LogP contribution in [0.5, 0.6) is 0 Å². The van der Waals surface area contributed by atoms with E-state index >= 15 is 0 Å². The molecule has 2 atom stereocenters. The molecular formula is C20H32Br2O2SSi. The van der Waals surface area contributed by atoms with Gasteiger partial charge >= 0.3 is 0 Å². The van der Waals surface area contributed by atoms with Gasteiger partial charge in [-0.15, -0.1) is 11.8 Å². The zero-order valence-electron chi connectivity index (χ0n) is 16.7. The van der Waals surface area contributed by atoms with E-state index in [4.69, 9.17) is 9.16 Å². The Hall–Kier alpha value is 0.407. The van der Waals surface area contributed by atoms with Crippen molar-refractivity contribution in [1.82, 2.24) is 0 Å². The fourth-order valence-electron chi connectivity index (χ4n) is 2.29. The average molecular weight is 524 g/mol. The number of hydrogen-bond donors (Lipinski definition) is 0. The van der Waals surface area contributed by atoms with Crippen molar-refractivity contribution in [3.8, 4) is 0 Å². The summed E-state index contributed by atoms with van der Waals surface area (Å²) in [7, 11) is -0.0812. The minimum Gasteiger partial charge on any atom is -0.411 e. The molecule has 0 unspecified atom stereocenters. The maximum absolute atomic E-state index is 6.77. The van der Waals surface area contributed by atoms with Gasteiger partial charge in [0.15, 0.2) is 8.32 Å². The second-order valence-electron chi connectivity index (χ2n) is 7.87. The molecule has 0 N–H and O–H groups in total. The summed E-state index contributed by atoms with van der Waals surface area (Å²) in [6.07, 6.45) is 4.02. The monoisotopic (exact) mass is 522 g/mol. The number of hydrogen-bond acceptors (Lipinski definition) is 3. The molecule has 0 heterocycles. The Morgan fingerprint density at radius 2 is 1.77 bits per heavy atom. The van der Waals surface area contributed by atoms with Crippen LogP contribution < -0.4 is 0 Å². The van der Waals surface area contributed by atoms with Gasteiger partial charge in [-0.3, -0.25) is 0 Å². The topological polar surface area (TPSA) is 18.5 Å². The van der Waals surface area contributed by atoms with Crippen LogP contribution >= 0.6 is 43.6 Å². The lowest BCUT2D eigenvalue weighted by Crippen LogP contribution is -2.47. The standard InChI is InChI=1S/C20H32Br2O2SSi/c1-20(2,3)26(5,6)24-18(17(23-4)12-13-19(21)22)14-15-25-16-10-8-7-9-11-16/h7-11,13,17-18H,12,14-15H2,1-6H3/t17-,18-/m0/s1. The smallest absolute Gasteiger partial charge is 0.192 e. The van der Waals surface area contributed by atoms with Crippen LogP contribution in [0.25, 0.3) is 0 Å². The highest BCUT2D eigenvalue weighted by molar-refractivity contribution is 9.28. The number of halogens is 2. The van der Waals surface area contributed by atoms with Gasteiger partial charge in [-0.1, -0.05) is 45.0 Å². The molecule has 0 bridgehead atoms. The van der Waals surface area contributed by atoms with E-state index < -0.39 is 8.32 Å². The van der Waals surface area contributed by atoms with Gasteiger partial charge in [0.25, 0.3) is 0 Å². The normalized spacial score (nSPS) is 14.8. The molecule has 2 nitrogen and oxygen atoms in total. The maximum atomic E-state index is 6.77. The third kappa shape index (κ3) is 8.61. The van der Waals surface area contributed by atoms with Crippen molar-refractivity contribution in [1.29, 1.82) is 0 Å². The number of rotatable bonds is 10. The number of benzene rings is 1. The fraction of sp³-hybridized carbons (Fsp3) is 0.600. The van der Waals surface area contributed by atoms with Crippen molar-refractivity contribution in [2.45, 2.75) is 68.8 Å². The van der Waals surface area contributed by atoms with Gasteiger partial charge in [0.2, 0.25) is 0 Å². The second-order valence-corrected chi connectivity index (χ2v) is 16.6. The first-order chi connectivity index (χ1) is 12.1. The first kappa shape index (κ1) is 24.4. The van der Waals surface area contributed by atoms with Crippen LogP contribution in [0.15, 0.2) is 44.7 Å². The van der Waals surface area contributed by atoms with Gasteiger partial charge in [-0.2, -0.15) is 0 Å². The van der Waals surface area contributed by atoms with Crippen LogP contribution in [0.1, 0.15) is 33.6 Å². The van der Waals surface area contributed by atoms with Gasteiger partial charge in [-0.25, -0.2) is 0 Å². The van der Waals surface area contributed by atoms with Gasteiger partial charge in [-0.05, 0) is 75.0 Å². The highest BCUT2D eigenvalue weighted by Gasteiger charge is 2.40. The molecule has 0 saturated carbocycles. The minimum absolute atomic E-state index is 0.0469. The molecule has 26 heavy (non-hydrogen) atoms. The van der Waals surface area contributed by atoms with Gasteiger partial charge in [0, 0.05) is 17.8 Å². The van der Waals surface area contributed by atoms with Crippen molar-refractivity contribution in [2.75, 3.05) is 12.9 Å². The van der Waals surface area contributed by atoms with Crippen molar-refractivity contribution in [2.24, 2.45) is 0 Å². The first-order valence-corrected chi connectivity index (χ1v) is 14.4. The van der Waals surface area contributed by atoms with Crippen molar-refractivity contribution >= 4 is 51.9 Å². The van der Waals surface area contributed by atoms with Crippen LogP contribution in [0.4, 0.5) is 0 Å². The Morgan fingerprint density at radius 1 is 1.15 bits per heavy atom. The molecule has 1 aromatic rings. The van der Waals surface area contributed by atoms with E-state index in [1.165, 1.54) is 4.90 Å². The van der Waals surface area contributed by atoms with E-state index in [0.29, 0.717) is 0 Å². The predicted octanol–water partition coefficient (Wildman–Crippen LogP) is 7.60. The average Bonchev–Trinajstić information content (AvgIpc) is 2.54. The first-order valence-electron chi connectivity index (χ1n) is 8.96. The molecule has 0 aliphatic carbocycles. The summed E-state index contributed by atoms with van der Waals surface area (Å²) in [6, 6.07) is 10.5. The quantitative estimate of drug-likeness (QED) is 0.232. The molecule has 0 spiro atoms. The summed E-state index contributed by atoms with van der Waals surface area (Å²) in [5.41, 5.74) is 0.